The zero-order valence-corrected chi connectivity index (χ0v) is 11.5. The van der Waals surface area contributed by atoms with Crippen molar-refractivity contribution in [2.24, 2.45) is 5.92 Å². The molecule has 19 heavy (non-hydrogen) atoms. The summed E-state index contributed by atoms with van der Waals surface area (Å²) in [4.78, 5) is 12.2. The topological polar surface area (TPSA) is 75.1 Å². The molecule has 1 aromatic heterocycles. The summed E-state index contributed by atoms with van der Waals surface area (Å²) < 4.78 is 0. The maximum atomic E-state index is 12.2. The van der Waals surface area contributed by atoms with Crippen LogP contribution in [0.15, 0.2) is 6.07 Å². The molecule has 2 N–H and O–H groups in total. The van der Waals surface area contributed by atoms with Crippen LogP contribution in [-0.4, -0.2) is 33.9 Å². The third kappa shape index (κ3) is 3.29. The van der Waals surface area contributed by atoms with Crippen LogP contribution < -0.4 is 5.32 Å². The second kappa shape index (κ2) is 6.10. The van der Waals surface area contributed by atoms with Crippen molar-refractivity contribution in [3.63, 3.8) is 0 Å². The van der Waals surface area contributed by atoms with Crippen molar-refractivity contribution in [1.82, 2.24) is 15.5 Å². The van der Waals surface area contributed by atoms with Gasteiger partial charge in [0.1, 0.15) is 0 Å². The van der Waals surface area contributed by atoms with Crippen molar-refractivity contribution in [3.05, 3.63) is 23.0 Å². The van der Waals surface area contributed by atoms with Crippen molar-refractivity contribution in [1.29, 1.82) is 0 Å². The highest BCUT2D eigenvalue weighted by atomic mass is 16.3. The van der Waals surface area contributed by atoms with Gasteiger partial charge >= 0.3 is 0 Å². The van der Waals surface area contributed by atoms with Crippen LogP contribution >= 0.6 is 0 Å². The molecule has 1 amide bonds. The number of aromatic nitrogens is 2. The van der Waals surface area contributed by atoms with E-state index in [0.29, 0.717) is 18.5 Å². The summed E-state index contributed by atoms with van der Waals surface area (Å²) in [6.07, 6.45) is 3.27. The zero-order valence-electron chi connectivity index (χ0n) is 11.5. The number of aryl methyl sites for hydroxylation is 2. The maximum absolute atomic E-state index is 12.2. The van der Waals surface area contributed by atoms with E-state index in [2.05, 4.69) is 15.5 Å². The fourth-order valence-corrected chi connectivity index (χ4v) is 2.55. The number of nitrogens with zero attached hydrogens (tertiary/aromatic N) is 2. The summed E-state index contributed by atoms with van der Waals surface area (Å²) in [7, 11) is 0. The molecule has 2 unspecified atom stereocenters. The molecule has 1 aromatic rings. The van der Waals surface area contributed by atoms with Crippen molar-refractivity contribution in [3.8, 4) is 0 Å². The van der Waals surface area contributed by atoms with Gasteiger partial charge in [0.2, 0.25) is 0 Å². The Labute approximate surface area is 113 Å². The summed E-state index contributed by atoms with van der Waals surface area (Å²) in [5, 5.41) is 20.7. The number of hydrogen-bond donors (Lipinski definition) is 2. The number of aliphatic hydroxyl groups excluding tert-OH is 1. The minimum atomic E-state index is -0.275. The van der Waals surface area contributed by atoms with E-state index in [-0.39, 0.29) is 17.9 Å². The first-order chi connectivity index (χ1) is 9.11. The number of hydrogen-bond acceptors (Lipinski definition) is 4. The van der Waals surface area contributed by atoms with Gasteiger partial charge in [0, 0.05) is 12.5 Å². The summed E-state index contributed by atoms with van der Waals surface area (Å²) in [6.45, 7) is 4.31. The highest BCUT2D eigenvalue weighted by Gasteiger charge is 2.25. The predicted molar refractivity (Wildman–Crippen MR) is 71.8 cm³/mol. The Bertz CT molecular complexity index is 462. The lowest BCUT2D eigenvalue weighted by Crippen LogP contribution is -2.33. The van der Waals surface area contributed by atoms with Crippen LogP contribution in [0, 0.1) is 12.8 Å². The van der Waals surface area contributed by atoms with Crippen molar-refractivity contribution in [2.45, 2.75) is 45.6 Å². The lowest BCUT2D eigenvalue weighted by Gasteiger charge is -2.15. The molecule has 1 fully saturated rings. The van der Waals surface area contributed by atoms with Crippen LogP contribution in [0.3, 0.4) is 0 Å². The number of nitrogens with one attached hydrogen (secondary N) is 1. The molecule has 1 heterocycles. The van der Waals surface area contributed by atoms with Gasteiger partial charge in [-0.2, -0.15) is 10.2 Å². The van der Waals surface area contributed by atoms with Crippen LogP contribution in [0.4, 0.5) is 0 Å². The van der Waals surface area contributed by atoms with E-state index in [0.717, 1.165) is 30.7 Å². The van der Waals surface area contributed by atoms with Crippen LogP contribution in [-0.2, 0) is 6.42 Å². The fourth-order valence-electron chi connectivity index (χ4n) is 2.55. The van der Waals surface area contributed by atoms with E-state index in [1.54, 1.807) is 6.07 Å². The standard InChI is InChI=1S/C14H21N3O2/c1-3-12-11(7-9(2)16-17-12)14(19)15-8-10-5-4-6-13(10)18/h7,10,13,18H,3-6,8H2,1-2H3,(H,15,19). The highest BCUT2D eigenvalue weighted by Crippen LogP contribution is 2.24. The first-order valence-corrected chi connectivity index (χ1v) is 6.91. The average Bonchev–Trinajstić information content (AvgIpc) is 2.81. The number of aliphatic hydroxyl groups is 1. The summed E-state index contributed by atoms with van der Waals surface area (Å²) >= 11 is 0. The van der Waals surface area contributed by atoms with E-state index in [4.69, 9.17) is 0 Å². The zero-order chi connectivity index (χ0) is 13.8. The summed E-state index contributed by atoms with van der Waals surface area (Å²) in [5.74, 6) is 0.0684. The SMILES string of the molecule is CCc1nnc(C)cc1C(=O)NCC1CCCC1O. The molecule has 1 aliphatic rings. The molecule has 0 radical (unpaired) electrons. The minimum Gasteiger partial charge on any atom is -0.393 e. The first kappa shape index (κ1) is 13.9. The van der Waals surface area contributed by atoms with Gasteiger partial charge in [-0.1, -0.05) is 13.3 Å². The number of carbonyl (C=O) groups excluding carboxylic acids is 1. The Kier molecular flexibility index (Phi) is 4.47. The fraction of sp³-hybridized carbons (Fsp3) is 0.643. The normalized spacial score (nSPS) is 22.5. The molecule has 1 saturated carbocycles. The third-order valence-corrected chi connectivity index (χ3v) is 3.72. The molecular weight excluding hydrogens is 242 g/mol. The number of amides is 1. The quantitative estimate of drug-likeness (QED) is 0.857. The second-order valence-electron chi connectivity index (χ2n) is 5.17. The van der Waals surface area contributed by atoms with Gasteiger partial charge in [0.15, 0.2) is 0 Å². The van der Waals surface area contributed by atoms with E-state index in [1.165, 1.54) is 0 Å². The van der Waals surface area contributed by atoms with Gasteiger partial charge in [0.25, 0.3) is 5.91 Å². The molecule has 0 spiro atoms. The Balaban J connectivity index is 2.01. The molecule has 0 aromatic carbocycles. The van der Waals surface area contributed by atoms with Crippen molar-refractivity contribution in [2.75, 3.05) is 6.54 Å². The van der Waals surface area contributed by atoms with Gasteiger partial charge in [-0.15, -0.1) is 0 Å². The third-order valence-electron chi connectivity index (χ3n) is 3.72. The molecule has 1 aliphatic carbocycles. The minimum absolute atomic E-state index is 0.117. The van der Waals surface area contributed by atoms with Gasteiger partial charge in [0.05, 0.1) is 23.1 Å². The van der Waals surface area contributed by atoms with Gasteiger partial charge in [-0.05, 0) is 32.3 Å². The van der Waals surface area contributed by atoms with Crippen LogP contribution in [0.25, 0.3) is 0 Å². The summed E-state index contributed by atoms with van der Waals surface area (Å²) in [5.41, 5.74) is 2.06. The van der Waals surface area contributed by atoms with Crippen molar-refractivity contribution >= 4 is 5.91 Å². The second-order valence-corrected chi connectivity index (χ2v) is 5.17. The molecule has 2 atom stereocenters. The maximum Gasteiger partial charge on any atom is 0.253 e. The van der Waals surface area contributed by atoms with E-state index < -0.39 is 0 Å². The number of carbonyl (C=O) groups is 1. The van der Waals surface area contributed by atoms with E-state index in [9.17, 15) is 9.90 Å². The molecule has 104 valence electrons. The summed E-state index contributed by atoms with van der Waals surface area (Å²) in [6, 6.07) is 1.77. The molecular formula is C14H21N3O2. The molecule has 5 nitrogen and oxygen atoms in total. The Morgan fingerprint density at radius 2 is 2.26 bits per heavy atom. The van der Waals surface area contributed by atoms with Crippen LogP contribution in [0.5, 0.6) is 0 Å². The lowest BCUT2D eigenvalue weighted by atomic mass is 10.1. The van der Waals surface area contributed by atoms with Crippen LogP contribution in [0.1, 0.15) is 47.9 Å². The smallest absolute Gasteiger partial charge is 0.253 e. The predicted octanol–water partition coefficient (Wildman–Crippen LogP) is 1.24. The molecule has 0 aliphatic heterocycles. The molecule has 0 saturated heterocycles. The lowest BCUT2D eigenvalue weighted by molar-refractivity contribution is 0.0915. The average molecular weight is 263 g/mol. The van der Waals surface area contributed by atoms with Crippen molar-refractivity contribution < 1.29 is 9.90 Å². The van der Waals surface area contributed by atoms with E-state index in [1.807, 2.05) is 13.8 Å². The van der Waals surface area contributed by atoms with Gasteiger partial charge in [-0.25, -0.2) is 0 Å². The van der Waals surface area contributed by atoms with Gasteiger partial charge in [-0.3, -0.25) is 4.79 Å². The Hall–Kier alpha value is -1.49. The molecule has 0 bridgehead atoms. The monoisotopic (exact) mass is 263 g/mol. The largest absolute Gasteiger partial charge is 0.393 e. The van der Waals surface area contributed by atoms with Crippen LogP contribution in [0.2, 0.25) is 0 Å². The Morgan fingerprint density at radius 3 is 2.89 bits per heavy atom. The highest BCUT2D eigenvalue weighted by molar-refractivity contribution is 5.95. The Morgan fingerprint density at radius 1 is 1.47 bits per heavy atom. The molecule has 5 heteroatoms. The molecule has 2 rings (SSSR count). The first-order valence-electron chi connectivity index (χ1n) is 6.91. The number of rotatable bonds is 4. The van der Waals surface area contributed by atoms with Gasteiger partial charge < -0.3 is 10.4 Å². The van der Waals surface area contributed by atoms with E-state index >= 15 is 0 Å².